The molecule has 0 aromatic heterocycles. The predicted octanol–water partition coefficient (Wildman–Crippen LogP) is 2.00. The van der Waals surface area contributed by atoms with Gasteiger partial charge in [-0.2, -0.15) is 0 Å². The highest BCUT2D eigenvalue weighted by Gasteiger charge is 2.20. The summed E-state index contributed by atoms with van der Waals surface area (Å²) >= 11 is 3.00. The average Bonchev–Trinajstić information content (AvgIpc) is 2.31. The molecule has 1 unspecified atom stereocenters. The molecule has 62 valence electrons. The molecule has 1 saturated heterocycles. The minimum Gasteiger partial charge on any atom is -0.298 e. The van der Waals surface area contributed by atoms with Crippen molar-refractivity contribution >= 4 is 33.7 Å². The molecule has 11 heavy (non-hydrogen) atoms. The summed E-state index contributed by atoms with van der Waals surface area (Å²) in [6.45, 7) is 1.60. The summed E-state index contributed by atoms with van der Waals surface area (Å²) in [5, 5.41) is 8.30. The quantitative estimate of drug-likeness (QED) is 0.722. The van der Waals surface area contributed by atoms with Gasteiger partial charge in [0.05, 0.1) is 5.04 Å². The van der Waals surface area contributed by atoms with Crippen LogP contribution < -0.4 is 0 Å². The first-order valence-corrected chi connectivity index (χ1v) is 5.49. The van der Waals surface area contributed by atoms with Crippen LogP contribution in [0.25, 0.3) is 0 Å². The fourth-order valence-corrected chi connectivity index (χ4v) is 2.82. The fraction of sp³-hybridized carbons (Fsp3) is 0.714. The van der Waals surface area contributed by atoms with Crippen LogP contribution in [0.4, 0.5) is 0 Å². The van der Waals surface area contributed by atoms with Gasteiger partial charge in [0.25, 0.3) is 0 Å². The van der Waals surface area contributed by atoms with Gasteiger partial charge in [-0.1, -0.05) is 11.8 Å². The number of thioether (sulfide) groups is 2. The summed E-state index contributed by atoms with van der Waals surface area (Å²) in [6.07, 6.45) is 0.880. The molecule has 0 bridgehead atoms. The lowest BCUT2D eigenvalue weighted by molar-refractivity contribution is -0.109. The fourth-order valence-electron chi connectivity index (χ4n) is 0.941. The van der Waals surface area contributed by atoms with E-state index in [1.807, 2.05) is 0 Å². The van der Waals surface area contributed by atoms with Gasteiger partial charge in [0, 0.05) is 18.4 Å². The van der Waals surface area contributed by atoms with Gasteiger partial charge < -0.3 is 0 Å². The maximum absolute atomic E-state index is 10.6. The number of hydrogen-bond donors (Lipinski definition) is 1. The normalized spacial score (nSPS) is 24.1. The molecular weight excluding hydrogens is 178 g/mol. The molecule has 0 radical (unpaired) electrons. The van der Waals surface area contributed by atoms with E-state index in [0.717, 1.165) is 23.0 Å². The van der Waals surface area contributed by atoms with Gasteiger partial charge in [-0.25, -0.2) is 0 Å². The summed E-state index contributed by atoms with van der Waals surface area (Å²) in [7, 11) is 0. The van der Waals surface area contributed by atoms with Crippen molar-refractivity contribution in [2.75, 3.05) is 11.5 Å². The smallest absolute Gasteiger partial charge is 0.185 e. The highest BCUT2D eigenvalue weighted by atomic mass is 32.2. The number of rotatable bonds is 2. The zero-order valence-electron chi connectivity index (χ0n) is 6.42. The standard InChI is InChI=1S/C7H11NOS2/c1-5(9)10-3-6-2-7(8)11-4-6/h6,8H,2-4H2,1H3. The van der Waals surface area contributed by atoms with Crippen LogP contribution in [-0.4, -0.2) is 21.7 Å². The maximum atomic E-state index is 10.6. The van der Waals surface area contributed by atoms with Crippen molar-refractivity contribution < 1.29 is 4.79 Å². The molecule has 0 aromatic carbocycles. The van der Waals surface area contributed by atoms with Crippen LogP contribution in [0.5, 0.6) is 0 Å². The lowest BCUT2D eigenvalue weighted by Gasteiger charge is -2.03. The lowest BCUT2D eigenvalue weighted by Crippen LogP contribution is -2.03. The Hall–Kier alpha value is 0.0400. The Labute approximate surface area is 75.0 Å². The Kier molecular flexibility index (Phi) is 3.45. The highest BCUT2D eigenvalue weighted by molar-refractivity contribution is 8.14. The number of nitrogens with one attached hydrogen (secondary N) is 1. The molecule has 0 amide bonds. The molecule has 1 fully saturated rings. The Bertz CT molecular complexity index is 181. The molecule has 1 aliphatic rings. The summed E-state index contributed by atoms with van der Waals surface area (Å²) in [6, 6.07) is 0. The van der Waals surface area contributed by atoms with Gasteiger partial charge in [-0.15, -0.1) is 11.8 Å². The first-order valence-electron chi connectivity index (χ1n) is 3.52. The minimum absolute atomic E-state index is 0.188. The van der Waals surface area contributed by atoms with Gasteiger partial charge in [0.1, 0.15) is 0 Å². The molecule has 1 aliphatic heterocycles. The predicted molar refractivity (Wildman–Crippen MR) is 51.4 cm³/mol. The molecule has 0 spiro atoms. The number of carbonyl (C=O) groups excluding carboxylic acids is 1. The van der Waals surface area contributed by atoms with Gasteiger partial charge in [0.15, 0.2) is 5.12 Å². The second-order valence-electron chi connectivity index (χ2n) is 2.61. The van der Waals surface area contributed by atoms with Gasteiger partial charge in [-0.3, -0.25) is 10.2 Å². The third-order valence-corrected chi connectivity index (χ3v) is 3.69. The zero-order valence-corrected chi connectivity index (χ0v) is 8.06. The largest absolute Gasteiger partial charge is 0.298 e. The molecule has 0 saturated carbocycles. The van der Waals surface area contributed by atoms with Crippen molar-refractivity contribution in [1.82, 2.24) is 0 Å². The molecule has 2 nitrogen and oxygen atoms in total. The van der Waals surface area contributed by atoms with Crippen molar-refractivity contribution in [1.29, 1.82) is 5.41 Å². The van der Waals surface area contributed by atoms with Crippen molar-refractivity contribution in [2.45, 2.75) is 13.3 Å². The van der Waals surface area contributed by atoms with E-state index in [9.17, 15) is 4.79 Å². The van der Waals surface area contributed by atoms with Crippen LogP contribution in [0, 0.1) is 11.3 Å². The van der Waals surface area contributed by atoms with E-state index in [2.05, 4.69) is 0 Å². The van der Waals surface area contributed by atoms with Crippen LogP contribution in [-0.2, 0) is 4.79 Å². The van der Waals surface area contributed by atoms with E-state index in [1.165, 1.54) is 11.8 Å². The van der Waals surface area contributed by atoms with Crippen LogP contribution in [0.3, 0.4) is 0 Å². The lowest BCUT2D eigenvalue weighted by atomic mass is 10.1. The summed E-state index contributed by atoms with van der Waals surface area (Å²) in [4.78, 5) is 10.6. The molecule has 1 N–H and O–H groups in total. The third kappa shape index (κ3) is 3.29. The Morgan fingerprint density at radius 3 is 3.09 bits per heavy atom. The minimum atomic E-state index is 0.188. The molecule has 0 aromatic rings. The van der Waals surface area contributed by atoms with Crippen LogP contribution in [0.15, 0.2) is 0 Å². The maximum Gasteiger partial charge on any atom is 0.185 e. The van der Waals surface area contributed by atoms with Crippen LogP contribution >= 0.6 is 23.5 Å². The number of hydrogen-bond acceptors (Lipinski definition) is 4. The van der Waals surface area contributed by atoms with Gasteiger partial charge in [-0.05, 0) is 12.3 Å². The third-order valence-electron chi connectivity index (χ3n) is 1.49. The van der Waals surface area contributed by atoms with Gasteiger partial charge >= 0.3 is 0 Å². The molecular formula is C7H11NOS2. The first kappa shape index (κ1) is 9.13. The summed E-state index contributed by atoms with van der Waals surface area (Å²) < 4.78 is 0. The second kappa shape index (κ2) is 4.16. The monoisotopic (exact) mass is 189 g/mol. The van der Waals surface area contributed by atoms with Crippen LogP contribution in [0.1, 0.15) is 13.3 Å². The second-order valence-corrected chi connectivity index (χ2v) is 4.92. The van der Waals surface area contributed by atoms with Crippen molar-refractivity contribution in [2.24, 2.45) is 5.92 Å². The van der Waals surface area contributed by atoms with E-state index in [1.54, 1.807) is 18.7 Å². The Morgan fingerprint density at radius 1 is 1.91 bits per heavy atom. The first-order chi connectivity index (χ1) is 5.18. The van der Waals surface area contributed by atoms with Crippen molar-refractivity contribution in [3.8, 4) is 0 Å². The topological polar surface area (TPSA) is 40.9 Å². The Morgan fingerprint density at radius 2 is 2.64 bits per heavy atom. The van der Waals surface area contributed by atoms with E-state index in [-0.39, 0.29) is 5.12 Å². The van der Waals surface area contributed by atoms with Crippen LogP contribution in [0.2, 0.25) is 0 Å². The average molecular weight is 189 g/mol. The molecule has 1 rings (SSSR count). The molecule has 4 heteroatoms. The molecule has 0 aliphatic carbocycles. The molecule has 1 atom stereocenters. The van der Waals surface area contributed by atoms with Crippen molar-refractivity contribution in [3.63, 3.8) is 0 Å². The zero-order chi connectivity index (χ0) is 8.27. The summed E-state index contributed by atoms with van der Waals surface area (Å²) in [5.41, 5.74) is 0. The molecule has 1 heterocycles. The van der Waals surface area contributed by atoms with E-state index < -0.39 is 0 Å². The highest BCUT2D eigenvalue weighted by Crippen LogP contribution is 2.28. The van der Waals surface area contributed by atoms with Gasteiger partial charge in [0.2, 0.25) is 0 Å². The number of carbonyl (C=O) groups is 1. The Balaban J connectivity index is 2.18. The van der Waals surface area contributed by atoms with Crippen molar-refractivity contribution in [3.05, 3.63) is 0 Å². The van der Waals surface area contributed by atoms with E-state index in [4.69, 9.17) is 5.41 Å². The SMILES string of the molecule is CC(=O)SCC1CSC(=N)C1. The van der Waals surface area contributed by atoms with E-state index >= 15 is 0 Å². The summed E-state index contributed by atoms with van der Waals surface area (Å²) in [5.74, 6) is 2.48. The van der Waals surface area contributed by atoms with E-state index in [0.29, 0.717) is 5.92 Å².